The van der Waals surface area contributed by atoms with Crippen molar-refractivity contribution in [2.24, 2.45) is 0 Å². The smallest absolute Gasteiger partial charge is 0.264 e. The summed E-state index contributed by atoms with van der Waals surface area (Å²) in [5, 5.41) is 0.705. The van der Waals surface area contributed by atoms with Gasteiger partial charge in [0.2, 0.25) is 0 Å². The Bertz CT molecular complexity index is 964. The first kappa shape index (κ1) is 20.5. The molecule has 0 bridgehead atoms. The van der Waals surface area contributed by atoms with Crippen molar-refractivity contribution in [2.45, 2.75) is 10.8 Å². The summed E-state index contributed by atoms with van der Waals surface area (Å²) >= 11 is 9.32. The van der Waals surface area contributed by atoms with Crippen LogP contribution in [0.3, 0.4) is 0 Å². The van der Waals surface area contributed by atoms with Crippen LogP contribution in [-0.2, 0) is 6.54 Å². The Labute approximate surface area is 185 Å². The van der Waals surface area contributed by atoms with E-state index in [1.807, 2.05) is 41.5 Å². The number of thioether (sulfide) groups is 1. The fourth-order valence-electron chi connectivity index (χ4n) is 3.57. The molecule has 3 aromatic rings. The maximum Gasteiger partial charge on any atom is 0.264 e. The van der Waals surface area contributed by atoms with Gasteiger partial charge in [-0.3, -0.25) is 9.69 Å². The van der Waals surface area contributed by atoms with Crippen LogP contribution >= 0.6 is 34.7 Å². The fraction of sp³-hybridized carbons (Fsp3) is 0.261. The number of carbonyl (C=O) groups is 1. The van der Waals surface area contributed by atoms with Gasteiger partial charge in [0.25, 0.3) is 5.91 Å². The van der Waals surface area contributed by atoms with E-state index in [-0.39, 0.29) is 5.91 Å². The number of halogens is 1. The number of hydrogen-bond acceptors (Lipinski definition) is 4. The molecule has 2 aromatic carbocycles. The van der Waals surface area contributed by atoms with E-state index in [2.05, 4.69) is 35.2 Å². The van der Waals surface area contributed by atoms with E-state index < -0.39 is 0 Å². The van der Waals surface area contributed by atoms with Crippen LogP contribution in [0.25, 0.3) is 11.1 Å². The second-order valence-corrected chi connectivity index (χ2v) is 9.67. The van der Waals surface area contributed by atoms with Crippen LogP contribution in [0.15, 0.2) is 64.9 Å². The number of hydrogen-bond donors (Lipinski definition) is 0. The lowest BCUT2D eigenvalue weighted by atomic mass is 10.1. The van der Waals surface area contributed by atoms with Gasteiger partial charge >= 0.3 is 0 Å². The van der Waals surface area contributed by atoms with Crippen LogP contribution in [0, 0.1) is 0 Å². The molecule has 1 aliphatic rings. The molecule has 3 nitrogen and oxygen atoms in total. The number of benzene rings is 2. The van der Waals surface area contributed by atoms with E-state index in [0.717, 1.165) is 52.9 Å². The molecule has 1 fully saturated rings. The minimum atomic E-state index is 0.139. The molecule has 4 rings (SSSR count). The second-order valence-electron chi connectivity index (χ2n) is 7.07. The summed E-state index contributed by atoms with van der Waals surface area (Å²) in [6, 6.07) is 20.4. The molecule has 0 N–H and O–H groups in total. The van der Waals surface area contributed by atoms with Gasteiger partial charge < -0.3 is 4.90 Å². The van der Waals surface area contributed by atoms with Crippen LogP contribution in [0.1, 0.15) is 15.2 Å². The van der Waals surface area contributed by atoms with E-state index in [4.69, 9.17) is 11.6 Å². The lowest BCUT2D eigenvalue weighted by Crippen LogP contribution is -2.48. The standard InChI is InChI=1S/C23H23ClN2OS2/c1-28-21-15-20(18-7-9-19(24)10-8-18)22(29-21)23(27)26-13-11-25(12-14-26)16-17-5-3-2-4-6-17/h2-10,15H,11-14,16H2,1H3. The highest BCUT2D eigenvalue weighted by molar-refractivity contribution is 8.00. The zero-order chi connectivity index (χ0) is 20.2. The normalized spacial score (nSPS) is 14.9. The van der Waals surface area contributed by atoms with Gasteiger partial charge in [0.1, 0.15) is 4.88 Å². The summed E-state index contributed by atoms with van der Waals surface area (Å²) in [7, 11) is 0. The number of carbonyl (C=O) groups excluding carboxylic acids is 1. The molecule has 0 atom stereocenters. The third kappa shape index (κ3) is 4.86. The van der Waals surface area contributed by atoms with E-state index in [9.17, 15) is 4.79 Å². The maximum atomic E-state index is 13.3. The molecule has 1 amide bonds. The Morgan fingerprint density at radius 3 is 2.38 bits per heavy atom. The predicted molar refractivity (Wildman–Crippen MR) is 124 cm³/mol. The van der Waals surface area contributed by atoms with Crippen LogP contribution in [0.4, 0.5) is 0 Å². The highest BCUT2D eigenvalue weighted by atomic mass is 35.5. The van der Waals surface area contributed by atoms with E-state index in [1.165, 1.54) is 5.56 Å². The van der Waals surface area contributed by atoms with Crippen LogP contribution in [-0.4, -0.2) is 48.1 Å². The Morgan fingerprint density at radius 2 is 1.72 bits per heavy atom. The molecule has 1 aliphatic heterocycles. The molecule has 29 heavy (non-hydrogen) atoms. The third-order valence-electron chi connectivity index (χ3n) is 5.17. The topological polar surface area (TPSA) is 23.6 Å². The molecule has 0 spiro atoms. The van der Waals surface area contributed by atoms with Gasteiger partial charge in [0.05, 0.1) is 4.21 Å². The first-order valence-electron chi connectivity index (χ1n) is 9.63. The minimum Gasteiger partial charge on any atom is -0.335 e. The summed E-state index contributed by atoms with van der Waals surface area (Å²) in [5.74, 6) is 0.139. The largest absolute Gasteiger partial charge is 0.335 e. The molecule has 150 valence electrons. The summed E-state index contributed by atoms with van der Waals surface area (Å²) in [6.45, 7) is 4.26. The lowest BCUT2D eigenvalue weighted by Gasteiger charge is -2.34. The summed E-state index contributed by atoms with van der Waals surface area (Å²) in [6.07, 6.45) is 2.05. The Hall–Kier alpha value is -1.79. The first-order chi connectivity index (χ1) is 14.1. The van der Waals surface area contributed by atoms with E-state index in [1.54, 1.807) is 23.1 Å². The molecule has 0 radical (unpaired) electrons. The number of nitrogens with zero attached hydrogens (tertiary/aromatic N) is 2. The van der Waals surface area contributed by atoms with Crippen molar-refractivity contribution in [3.05, 3.63) is 76.1 Å². The van der Waals surface area contributed by atoms with Gasteiger partial charge in [-0.05, 0) is 35.6 Å². The molecular formula is C23H23ClN2OS2. The molecular weight excluding hydrogens is 420 g/mol. The fourth-order valence-corrected chi connectivity index (χ4v) is 5.39. The van der Waals surface area contributed by atoms with Crippen molar-refractivity contribution >= 4 is 40.6 Å². The molecule has 0 aliphatic carbocycles. The minimum absolute atomic E-state index is 0.139. The van der Waals surface area contributed by atoms with Gasteiger partial charge in [-0.1, -0.05) is 54.1 Å². The quantitative estimate of drug-likeness (QED) is 0.470. The Morgan fingerprint density at radius 1 is 1.03 bits per heavy atom. The average Bonchev–Trinajstić information content (AvgIpc) is 3.20. The summed E-state index contributed by atoms with van der Waals surface area (Å²) in [5.41, 5.74) is 3.37. The molecule has 2 heterocycles. The van der Waals surface area contributed by atoms with Gasteiger partial charge in [0.15, 0.2) is 0 Å². The predicted octanol–water partition coefficient (Wildman–Crippen LogP) is 5.75. The highest BCUT2D eigenvalue weighted by Gasteiger charge is 2.26. The zero-order valence-corrected chi connectivity index (χ0v) is 18.7. The number of piperazine rings is 1. The zero-order valence-electron chi connectivity index (χ0n) is 16.3. The summed E-state index contributed by atoms with van der Waals surface area (Å²) < 4.78 is 1.15. The molecule has 1 aromatic heterocycles. The first-order valence-corrected chi connectivity index (χ1v) is 12.1. The lowest BCUT2D eigenvalue weighted by molar-refractivity contribution is 0.0634. The Balaban J connectivity index is 1.47. The van der Waals surface area contributed by atoms with Crippen LogP contribution in [0.2, 0.25) is 5.02 Å². The van der Waals surface area contributed by atoms with E-state index in [0.29, 0.717) is 5.02 Å². The molecule has 1 saturated heterocycles. The van der Waals surface area contributed by atoms with Crippen molar-refractivity contribution in [2.75, 3.05) is 32.4 Å². The highest BCUT2D eigenvalue weighted by Crippen LogP contribution is 2.37. The third-order valence-corrected chi connectivity index (χ3v) is 7.61. The SMILES string of the molecule is CSc1cc(-c2ccc(Cl)cc2)c(C(=O)N2CCN(Cc3ccccc3)CC2)s1. The van der Waals surface area contributed by atoms with Crippen LogP contribution in [0.5, 0.6) is 0 Å². The van der Waals surface area contributed by atoms with Crippen molar-refractivity contribution in [3.63, 3.8) is 0 Å². The van der Waals surface area contributed by atoms with E-state index >= 15 is 0 Å². The Kier molecular flexibility index (Phi) is 6.60. The van der Waals surface area contributed by atoms with Crippen molar-refractivity contribution in [3.8, 4) is 11.1 Å². The van der Waals surface area contributed by atoms with Gasteiger partial charge in [-0.2, -0.15) is 0 Å². The summed E-state index contributed by atoms with van der Waals surface area (Å²) in [4.78, 5) is 18.6. The molecule has 0 unspecified atom stereocenters. The van der Waals surface area contributed by atoms with Gasteiger partial charge in [0, 0.05) is 43.3 Å². The number of thiophene rings is 1. The van der Waals surface area contributed by atoms with Gasteiger partial charge in [-0.25, -0.2) is 0 Å². The molecule has 0 saturated carbocycles. The van der Waals surface area contributed by atoms with Gasteiger partial charge in [-0.15, -0.1) is 23.1 Å². The molecule has 6 heteroatoms. The second kappa shape index (κ2) is 9.35. The van der Waals surface area contributed by atoms with Crippen molar-refractivity contribution < 1.29 is 4.79 Å². The average molecular weight is 443 g/mol. The van der Waals surface area contributed by atoms with Crippen molar-refractivity contribution in [1.82, 2.24) is 9.80 Å². The number of amides is 1. The maximum absolute atomic E-state index is 13.3. The number of rotatable bonds is 5. The van der Waals surface area contributed by atoms with Crippen LogP contribution < -0.4 is 0 Å². The monoisotopic (exact) mass is 442 g/mol. The van der Waals surface area contributed by atoms with Crippen molar-refractivity contribution in [1.29, 1.82) is 0 Å².